The molecule has 66 valence electrons. The van der Waals surface area contributed by atoms with E-state index in [1.165, 1.54) is 31.7 Å². The van der Waals surface area contributed by atoms with Crippen molar-refractivity contribution in [1.29, 1.82) is 0 Å². The van der Waals surface area contributed by atoms with Crippen molar-refractivity contribution in [3.63, 3.8) is 0 Å². The van der Waals surface area contributed by atoms with Gasteiger partial charge in [-0.1, -0.05) is 32.6 Å². The molecular weight excluding hydrogens is 152 g/mol. The van der Waals surface area contributed by atoms with Crippen LogP contribution in [0.3, 0.4) is 0 Å². The van der Waals surface area contributed by atoms with E-state index < -0.39 is 0 Å². The standard InChI is InChI=1S/C9H20OSi/c1-4-5-6-7-8-11-10-9(2)3/h9H,4-8H2,1-3H3. The number of rotatable bonds is 7. The second-order valence-electron chi connectivity index (χ2n) is 3.12. The summed E-state index contributed by atoms with van der Waals surface area (Å²) in [5, 5.41) is 0. The predicted molar refractivity (Wildman–Crippen MR) is 50.9 cm³/mol. The smallest absolute Gasteiger partial charge is 0.230 e. The minimum absolute atomic E-state index is 0.416. The lowest BCUT2D eigenvalue weighted by Gasteiger charge is -2.04. The molecule has 0 aromatic rings. The van der Waals surface area contributed by atoms with Crippen LogP contribution in [0, 0.1) is 0 Å². The van der Waals surface area contributed by atoms with Gasteiger partial charge in [-0.05, 0) is 19.9 Å². The highest BCUT2D eigenvalue weighted by molar-refractivity contribution is 6.27. The molecule has 0 saturated heterocycles. The van der Waals surface area contributed by atoms with Crippen LogP contribution in [0.2, 0.25) is 6.04 Å². The molecule has 0 spiro atoms. The van der Waals surface area contributed by atoms with Crippen LogP contribution >= 0.6 is 0 Å². The maximum absolute atomic E-state index is 5.45. The second kappa shape index (κ2) is 8.28. The summed E-state index contributed by atoms with van der Waals surface area (Å²) in [5.41, 5.74) is 0. The van der Waals surface area contributed by atoms with E-state index >= 15 is 0 Å². The molecule has 0 aliphatic rings. The lowest BCUT2D eigenvalue weighted by molar-refractivity contribution is 0.254. The Morgan fingerprint density at radius 1 is 1.18 bits per heavy atom. The Balaban J connectivity index is 2.80. The van der Waals surface area contributed by atoms with Crippen molar-refractivity contribution < 1.29 is 4.43 Å². The van der Waals surface area contributed by atoms with Crippen LogP contribution in [0.4, 0.5) is 0 Å². The molecule has 1 nitrogen and oxygen atoms in total. The molecule has 2 radical (unpaired) electrons. The fraction of sp³-hybridized carbons (Fsp3) is 1.00. The van der Waals surface area contributed by atoms with E-state index in [1.54, 1.807) is 0 Å². The van der Waals surface area contributed by atoms with Gasteiger partial charge in [-0.15, -0.1) is 0 Å². The Labute approximate surface area is 73.5 Å². The van der Waals surface area contributed by atoms with Crippen molar-refractivity contribution in [3.05, 3.63) is 0 Å². The molecule has 0 amide bonds. The lowest BCUT2D eigenvalue weighted by atomic mass is 10.2. The molecule has 2 heteroatoms. The van der Waals surface area contributed by atoms with Gasteiger partial charge in [0.15, 0.2) is 0 Å². The van der Waals surface area contributed by atoms with Gasteiger partial charge in [0.05, 0.1) is 0 Å². The topological polar surface area (TPSA) is 9.23 Å². The highest BCUT2D eigenvalue weighted by Crippen LogP contribution is 2.02. The number of unbranched alkanes of at least 4 members (excludes halogenated alkanes) is 3. The van der Waals surface area contributed by atoms with E-state index in [0.29, 0.717) is 6.10 Å². The van der Waals surface area contributed by atoms with E-state index in [2.05, 4.69) is 20.8 Å². The van der Waals surface area contributed by atoms with Crippen LogP contribution < -0.4 is 0 Å². The number of hydrogen-bond donors (Lipinski definition) is 0. The molecule has 0 aliphatic heterocycles. The summed E-state index contributed by atoms with van der Waals surface area (Å²) >= 11 is 0. The van der Waals surface area contributed by atoms with Crippen molar-refractivity contribution >= 4 is 9.76 Å². The highest BCUT2D eigenvalue weighted by atomic mass is 28.2. The van der Waals surface area contributed by atoms with Gasteiger partial charge >= 0.3 is 0 Å². The Kier molecular flexibility index (Phi) is 8.41. The summed E-state index contributed by atoms with van der Waals surface area (Å²) in [7, 11) is 0.724. The van der Waals surface area contributed by atoms with Gasteiger partial charge in [-0.2, -0.15) is 0 Å². The molecule has 0 N–H and O–H groups in total. The van der Waals surface area contributed by atoms with Crippen LogP contribution in [0.25, 0.3) is 0 Å². The Bertz CT molecular complexity index is 74.0. The van der Waals surface area contributed by atoms with Crippen molar-refractivity contribution in [1.82, 2.24) is 0 Å². The van der Waals surface area contributed by atoms with Crippen molar-refractivity contribution in [2.75, 3.05) is 0 Å². The number of hydrogen-bond acceptors (Lipinski definition) is 1. The third-order valence-corrected chi connectivity index (χ3v) is 2.65. The zero-order valence-corrected chi connectivity index (χ0v) is 9.02. The van der Waals surface area contributed by atoms with Crippen LogP contribution in [0.15, 0.2) is 0 Å². The SMILES string of the molecule is CCCCCC[Si]OC(C)C. The summed E-state index contributed by atoms with van der Waals surface area (Å²) in [5.74, 6) is 0. The second-order valence-corrected chi connectivity index (χ2v) is 4.15. The van der Waals surface area contributed by atoms with Crippen LogP contribution in [-0.4, -0.2) is 15.9 Å². The molecule has 0 fully saturated rings. The largest absolute Gasteiger partial charge is 0.415 e. The first-order chi connectivity index (χ1) is 5.27. The predicted octanol–water partition coefficient (Wildman–Crippen LogP) is 3.03. The normalized spacial score (nSPS) is 10.9. The average Bonchev–Trinajstić information content (AvgIpc) is 1.96. The van der Waals surface area contributed by atoms with E-state index in [9.17, 15) is 0 Å². The first kappa shape index (κ1) is 11.2. The first-order valence-electron chi connectivity index (χ1n) is 4.66. The Morgan fingerprint density at radius 2 is 1.91 bits per heavy atom. The third-order valence-electron chi connectivity index (χ3n) is 1.45. The van der Waals surface area contributed by atoms with Gasteiger partial charge in [0.25, 0.3) is 0 Å². The monoisotopic (exact) mass is 172 g/mol. The van der Waals surface area contributed by atoms with Crippen molar-refractivity contribution in [2.45, 2.75) is 58.6 Å². The van der Waals surface area contributed by atoms with E-state index in [4.69, 9.17) is 4.43 Å². The summed E-state index contributed by atoms with van der Waals surface area (Å²) in [6, 6.07) is 1.26. The molecule has 0 aromatic heterocycles. The maximum atomic E-state index is 5.45. The molecule has 0 bridgehead atoms. The minimum atomic E-state index is 0.416. The molecule has 11 heavy (non-hydrogen) atoms. The lowest BCUT2D eigenvalue weighted by Crippen LogP contribution is -2.06. The van der Waals surface area contributed by atoms with Crippen molar-refractivity contribution in [2.24, 2.45) is 0 Å². The molecule has 0 rings (SSSR count). The van der Waals surface area contributed by atoms with Gasteiger partial charge in [0.1, 0.15) is 0 Å². The van der Waals surface area contributed by atoms with Crippen LogP contribution in [0.5, 0.6) is 0 Å². The summed E-state index contributed by atoms with van der Waals surface area (Å²) in [6.07, 6.45) is 5.85. The van der Waals surface area contributed by atoms with Crippen LogP contribution in [-0.2, 0) is 4.43 Å². The first-order valence-corrected chi connectivity index (χ1v) is 5.77. The van der Waals surface area contributed by atoms with E-state index in [1.807, 2.05) is 0 Å². The van der Waals surface area contributed by atoms with Gasteiger partial charge in [0.2, 0.25) is 9.76 Å². The van der Waals surface area contributed by atoms with E-state index in [0.717, 1.165) is 9.76 Å². The molecular formula is C9H20OSi. The highest BCUT2D eigenvalue weighted by Gasteiger charge is 1.94. The third kappa shape index (κ3) is 10.2. The van der Waals surface area contributed by atoms with Gasteiger partial charge in [-0.25, -0.2) is 0 Å². The fourth-order valence-electron chi connectivity index (χ4n) is 0.850. The zero-order chi connectivity index (χ0) is 8.53. The van der Waals surface area contributed by atoms with Gasteiger partial charge < -0.3 is 4.43 Å². The fourth-order valence-corrected chi connectivity index (χ4v) is 1.70. The van der Waals surface area contributed by atoms with E-state index in [-0.39, 0.29) is 0 Å². The van der Waals surface area contributed by atoms with Crippen LogP contribution in [0.1, 0.15) is 46.5 Å². The molecule has 0 atom stereocenters. The molecule has 0 unspecified atom stereocenters. The average molecular weight is 172 g/mol. The van der Waals surface area contributed by atoms with Crippen molar-refractivity contribution in [3.8, 4) is 0 Å². The zero-order valence-electron chi connectivity index (χ0n) is 8.02. The van der Waals surface area contributed by atoms with Gasteiger partial charge in [0, 0.05) is 6.10 Å². The molecule has 0 heterocycles. The molecule has 0 aromatic carbocycles. The minimum Gasteiger partial charge on any atom is -0.415 e. The Hall–Kier alpha value is 0.177. The van der Waals surface area contributed by atoms with Gasteiger partial charge in [-0.3, -0.25) is 0 Å². The Morgan fingerprint density at radius 3 is 2.45 bits per heavy atom. The summed E-state index contributed by atoms with van der Waals surface area (Å²) < 4.78 is 5.45. The summed E-state index contributed by atoms with van der Waals surface area (Å²) in [4.78, 5) is 0. The maximum Gasteiger partial charge on any atom is 0.230 e. The summed E-state index contributed by atoms with van der Waals surface area (Å²) in [6.45, 7) is 6.44. The molecule has 0 saturated carbocycles. The quantitative estimate of drug-likeness (QED) is 0.424. The molecule has 0 aliphatic carbocycles.